The molecule has 17 unspecified atom stereocenters. The van der Waals surface area contributed by atoms with Crippen molar-refractivity contribution in [3.05, 3.63) is 36.5 Å². The summed E-state index contributed by atoms with van der Waals surface area (Å²) in [6.07, 6.45) is 36.0. The predicted octanol–water partition coefficient (Wildman–Crippen LogP) is 10.00. The summed E-state index contributed by atoms with van der Waals surface area (Å²) >= 11 is 0. The van der Waals surface area contributed by atoms with Gasteiger partial charge in [0.1, 0.15) is 73.2 Å². The first-order valence-corrected chi connectivity index (χ1v) is 36.2. The van der Waals surface area contributed by atoms with Gasteiger partial charge in [-0.3, -0.25) is 4.79 Å². The van der Waals surface area contributed by atoms with Gasteiger partial charge in [-0.15, -0.1) is 0 Å². The lowest BCUT2D eigenvalue weighted by molar-refractivity contribution is -0.379. The molecule has 90 heavy (non-hydrogen) atoms. The Bertz CT molecular complexity index is 1780. The molecule has 1 amide bonds. The Labute approximate surface area is 542 Å². The normalized spacial score (nSPS) is 28.2. The monoisotopic (exact) mass is 1290 g/mol. The summed E-state index contributed by atoms with van der Waals surface area (Å²) in [7, 11) is 0. The molecule has 0 aromatic heterocycles. The Balaban J connectivity index is 1.33. The third-order valence-electron chi connectivity index (χ3n) is 18.2. The zero-order valence-corrected chi connectivity index (χ0v) is 55.9. The first-order chi connectivity index (χ1) is 43.8. The molecule has 0 bridgehead atoms. The van der Waals surface area contributed by atoms with Crippen molar-refractivity contribution in [2.45, 2.75) is 381 Å². The largest absolute Gasteiger partial charge is 0.394 e. The van der Waals surface area contributed by atoms with E-state index >= 15 is 0 Å². The molecule has 3 aliphatic heterocycles. The highest BCUT2D eigenvalue weighted by Crippen LogP contribution is 2.33. The Hall–Kier alpha value is -1.99. The fourth-order valence-corrected chi connectivity index (χ4v) is 12.3. The van der Waals surface area contributed by atoms with Crippen molar-refractivity contribution in [2.24, 2.45) is 0 Å². The van der Waals surface area contributed by atoms with Crippen LogP contribution in [0.15, 0.2) is 36.5 Å². The number of aliphatic hydroxyl groups excluding tert-OH is 11. The number of carbonyl (C=O) groups excluding carboxylic acids is 1. The van der Waals surface area contributed by atoms with E-state index in [4.69, 9.17) is 28.4 Å². The summed E-state index contributed by atoms with van der Waals surface area (Å²) in [5, 5.41) is 120. The lowest BCUT2D eigenvalue weighted by atomic mass is 9.96. The molecule has 3 rings (SSSR count). The fourth-order valence-electron chi connectivity index (χ4n) is 12.3. The number of ether oxygens (including phenoxy) is 6. The molecule has 0 spiro atoms. The van der Waals surface area contributed by atoms with Crippen LogP contribution in [0.3, 0.4) is 0 Å². The van der Waals surface area contributed by atoms with Gasteiger partial charge in [-0.05, 0) is 38.5 Å². The van der Waals surface area contributed by atoms with Crippen molar-refractivity contribution >= 4 is 5.91 Å². The fraction of sp³-hybridized carbons (Fsp3) is 0.901. The molecule has 3 aliphatic rings. The van der Waals surface area contributed by atoms with Crippen molar-refractivity contribution in [1.29, 1.82) is 0 Å². The molecular formula is C71H131NO18. The number of amides is 1. The van der Waals surface area contributed by atoms with E-state index in [0.29, 0.717) is 12.8 Å². The molecule has 17 atom stereocenters. The van der Waals surface area contributed by atoms with Crippen LogP contribution in [0.2, 0.25) is 0 Å². The molecular weight excluding hydrogens is 1150 g/mol. The van der Waals surface area contributed by atoms with Gasteiger partial charge in [0.15, 0.2) is 18.9 Å². The Morgan fingerprint density at radius 2 is 0.711 bits per heavy atom. The summed E-state index contributed by atoms with van der Waals surface area (Å²) in [6.45, 7) is 1.67. The molecule has 0 radical (unpaired) electrons. The maximum Gasteiger partial charge on any atom is 0.220 e. The average Bonchev–Trinajstić information content (AvgIpc) is 1.80. The van der Waals surface area contributed by atoms with Crippen LogP contribution in [0, 0.1) is 0 Å². The van der Waals surface area contributed by atoms with Crippen molar-refractivity contribution < 1.29 is 89.4 Å². The van der Waals surface area contributed by atoms with Crippen LogP contribution >= 0.6 is 0 Å². The lowest BCUT2D eigenvalue weighted by Crippen LogP contribution is -2.66. The topological polar surface area (TPSA) is 307 Å². The Morgan fingerprint density at radius 1 is 0.389 bits per heavy atom. The van der Waals surface area contributed by atoms with Gasteiger partial charge in [0.25, 0.3) is 0 Å². The zero-order chi connectivity index (χ0) is 65.4. The Morgan fingerprint density at radius 3 is 1.10 bits per heavy atom. The molecule has 3 fully saturated rings. The third kappa shape index (κ3) is 34.6. The van der Waals surface area contributed by atoms with E-state index in [2.05, 4.69) is 43.5 Å². The van der Waals surface area contributed by atoms with Crippen LogP contribution in [-0.2, 0) is 33.2 Å². The van der Waals surface area contributed by atoms with E-state index in [1.54, 1.807) is 6.08 Å². The first-order valence-electron chi connectivity index (χ1n) is 36.2. The summed E-state index contributed by atoms with van der Waals surface area (Å²) in [6, 6.07) is -0.993. The second-order valence-electron chi connectivity index (χ2n) is 26.0. The summed E-state index contributed by atoms with van der Waals surface area (Å²) in [5.41, 5.74) is 0. The smallest absolute Gasteiger partial charge is 0.220 e. The van der Waals surface area contributed by atoms with E-state index in [1.807, 2.05) is 6.08 Å². The minimum absolute atomic E-state index is 0.236. The highest BCUT2D eigenvalue weighted by atomic mass is 16.8. The molecule has 0 aromatic carbocycles. The molecule has 528 valence electrons. The van der Waals surface area contributed by atoms with Crippen LogP contribution in [0.1, 0.15) is 277 Å². The standard InChI is InChI=1S/C71H131NO18/c1-3-5-7-9-11-13-15-17-18-19-20-21-22-23-24-25-26-27-28-29-30-31-32-33-34-35-36-37-39-41-43-45-47-49-59(77)72-54(55(76)48-46-44-42-40-38-16-14-12-10-8-6-4-2)53-85-69-65(83)62(80)67(57(51-74)87-69)90-71-66(84)63(81)68(58(52-75)88-71)89-70-64(82)61(79)60(78)56(50-73)86-70/h10,12,38,40,46,48,54-58,60-71,73-76,78-84H,3-9,11,13-37,39,41-45,47,49-53H2,1-2H3,(H,72,77)/b12-10+,40-38+,48-46+. The number of hydrogen-bond donors (Lipinski definition) is 12. The summed E-state index contributed by atoms with van der Waals surface area (Å²) in [5.74, 6) is -0.287. The number of aliphatic hydroxyl groups is 11. The number of hydrogen-bond acceptors (Lipinski definition) is 18. The van der Waals surface area contributed by atoms with E-state index in [-0.39, 0.29) is 18.9 Å². The molecule has 0 aromatic rings. The Kier molecular flexibility index (Phi) is 48.6. The SMILES string of the molecule is CCCC/C=C/CC/C=C/CC/C=C/C(O)C(COC1OC(CO)C(OC2OC(CO)C(OC3OC(CO)C(O)C(O)C3O)C(O)C2O)C(O)C1O)NC(=O)CCCCCCCCCCCCCCCCCCCCCCCCCCCCCCCCCCC. The van der Waals surface area contributed by atoms with E-state index in [9.17, 15) is 61.0 Å². The van der Waals surface area contributed by atoms with Crippen LogP contribution in [0.25, 0.3) is 0 Å². The van der Waals surface area contributed by atoms with Gasteiger partial charge < -0.3 is 89.9 Å². The van der Waals surface area contributed by atoms with Crippen LogP contribution in [-0.4, -0.2) is 193 Å². The average molecular weight is 1290 g/mol. The van der Waals surface area contributed by atoms with Crippen molar-refractivity contribution in [3.63, 3.8) is 0 Å². The van der Waals surface area contributed by atoms with Crippen molar-refractivity contribution in [3.8, 4) is 0 Å². The minimum Gasteiger partial charge on any atom is -0.394 e. The quantitative estimate of drug-likeness (QED) is 0.0199. The lowest BCUT2D eigenvalue weighted by Gasteiger charge is -2.48. The molecule has 3 heterocycles. The highest BCUT2D eigenvalue weighted by molar-refractivity contribution is 5.76. The third-order valence-corrected chi connectivity index (χ3v) is 18.2. The van der Waals surface area contributed by atoms with E-state index in [0.717, 1.165) is 44.9 Å². The first kappa shape index (κ1) is 82.2. The molecule has 3 saturated heterocycles. The second kappa shape index (κ2) is 53.2. The van der Waals surface area contributed by atoms with Crippen molar-refractivity contribution in [2.75, 3.05) is 26.4 Å². The maximum atomic E-state index is 13.4. The van der Waals surface area contributed by atoms with Crippen LogP contribution in [0.5, 0.6) is 0 Å². The second-order valence-corrected chi connectivity index (χ2v) is 26.0. The molecule has 19 nitrogen and oxygen atoms in total. The van der Waals surface area contributed by atoms with E-state index < -0.39 is 124 Å². The van der Waals surface area contributed by atoms with Gasteiger partial charge in [0, 0.05) is 6.42 Å². The summed E-state index contributed by atoms with van der Waals surface area (Å²) in [4.78, 5) is 13.4. The van der Waals surface area contributed by atoms with Gasteiger partial charge in [-0.1, -0.05) is 269 Å². The molecule has 0 saturated carbocycles. The summed E-state index contributed by atoms with van der Waals surface area (Å²) < 4.78 is 34.3. The van der Waals surface area contributed by atoms with E-state index in [1.165, 1.54) is 199 Å². The number of carbonyl (C=O) groups is 1. The van der Waals surface area contributed by atoms with Gasteiger partial charge in [0.2, 0.25) is 5.91 Å². The van der Waals surface area contributed by atoms with Gasteiger partial charge in [-0.25, -0.2) is 0 Å². The van der Waals surface area contributed by atoms with Gasteiger partial charge >= 0.3 is 0 Å². The minimum atomic E-state index is -1.98. The van der Waals surface area contributed by atoms with Gasteiger partial charge in [-0.2, -0.15) is 0 Å². The number of allylic oxidation sites excluding steroid dienone is 5. The molecule has 19 heteroatoms. The number of rotatable bonds is 56. The number of nitrogens with one attached hydrogen (secondary N) is 1. The highest BCUT2D eigenvalue weighted by Gasteiger charge is 2.53. The zero-order valence-electron chi connectivity index (χ0n) is 55.9. The predicted molar refractivity (Wildman–Crippen MR) is 351 cm³/mol. The molecule has 0 aliphatic carbocycles. The van der Waals surface area contributed by atoms with Crippen LogP contribution in [0.4, 0.5) is 0 Å². The van der Waals surface area contributed by atoms with Crippen LogP contribution < -0.4 is 5.32 Å². The molecule has 12 N–H and O–H groups in total. The van der Waals surface area contributed by atoms with Gasteiger partial charge in [0.05, 0.1) is 38.6 Å². The maximum absolute atomic E-state index is 13.4. The number of unbranched alkanes of at least 4 members (excludes halogenated alkanes) is 36. The van der Waals surface area contributed by atoms with Crippen molar-refractivity contribution in [1.82, 2.24) is 5.32 Å².